The fraction of sp³-hybridized carbons (Fsp3) is 0.167. The molecule has 0 unspecified atom stereocenters. The molecule has 0 spiro atoms. The van der Waals surface area contributed by atoms with Crippen molar-refractivity contribution < 1.29 is 26.5 Å². The van der Waals surface area contributed by atoms with Gasteiger partial charge in [-0.05, 0) is 63.2 Å². The summed E-state index contributed by atoms with van der Waals surface area (Å²) in [5.74, 6) is 1.87. The predicted octanol–water partition coefficient (Wildman–Crippen LogP) is 2.06. The first-order valence-electron chi connectivity index (χ1n) is 4.88. The summed E-state index contributed by atoms with van der Waals surface area (Å²) in [7, 11) is -3.07. The van der Waals surface area contributed by atoms with Gasteiger partial charge in [-0.15, -0.1) is 0 Å². The third kappa shape index (κ3) is 4.53. The number of rotatable bonds is 4. The molecule has 10 radical (unpaired) electrons. The quantitative estimate of drug-likeness (QED) is 0.630. The van der Waals surface area contributed by atoms with Crippen LogP contribution in [0.5, 0.6) is 0 Å². The van der Waals surface area contributed by atoms with E-state index in [2.05, 4.69) is 0 Å². The van der Waals surface area contributed by atoms with Crippen molar-refractivity contribution in [3.8, 4) is 0 Å². The van der Waals surface area contributed by atoms with Crippen LogP contribution in [0.4, 0.5) is 0 Å². The maximum absolute atomic E-state index is 11.9. The van der Waals surface area contributed by atoms with Crippen molar-refractivity contribution in [2.24, 2.45) is 0 Å². The van der Waals surface area contributed by atoms with Gasteiger partial charge in [-0.2, -0.15) is 0 Å². The molecule has 0 bridgehead atoms. The molecule has 84 valence electrons. The van der Waals surface area contributed by atoms with E-state index in [1.165, 1.54) is 0 Å². The van der Waals surface area contributed by atoms with Gasteiger partial charge in [0.05, 0.1) is 0 Å². The van der Waals surface area contributed by atoms with Gasteiger partial charge >= 0.3 is 17.1 Å². The van der Waals surface area contributed by atoms with E-state index in [9.17, 15) is 9.46 Å². The standard InChI is InChI=1S/C12H13O2P.Fe/c13-15(14,9-11-5-1-2-6-11)10-12-7-3-4-8-12;/h1-8H,9-10H2,(H,13,14);/q;+2. The van der Waals surface area contributed by atoms with Crippen molar-refractivity contribution in [2.75, 3.05) is 12.3 Å². The van der Waals surface area contributed by atoms with E-state index in [0.29, 0.717) is 0 Å². The maximum Gasteiger partial charge on any atom is 2.00 e. The van der Waals surface area contributed by atoms with Crippen LogP contribution in [0, 0.1) is 63.2 Å². The van der Waals surface area contributed by atoms with Gasteiger partial charge in [0.2, 0.25) is 7.37 Å². The van der Waals surface area contributed by atoms with Crippen molar-refractivity contribution in [3.63, 3.8) is 0 Å². The minimum Gasteiger partial charge on any atom is -0.344 e. The van der Waals surface area contributed by atoms with Crippen molar-refractivity contribution in [3.05, 3.63) is 63.2 Å². The van der Waals surface area contributed by atoms with Crippen LogP contribution in [-0.4, -0.2) is 17.2 Å². The summed E-state index contributed by atoms with van der Waals surface area (Å²) in [6, 6.07) is 0. The van der Waals surface area contributed by atoms with Crippen molar-refractivity contribution in [1.82, 2.24) is 0 Å². The first kappa shape index (κ1) is 14.8. The molecule has 2 saturated carbocycles. The fourth-order valence-corrected chi connectivity index (χ4v) is 3.34. The van der Waals surface area contributed by atoms with Crippen molar-refractivity contribution >= 4 is 7.37 Å². The van der Waals surface area contributed by atoms with Gasteiger partial charge in [-0.25, -0.2) is 0 Å². The van der Waals surface area contributed by atoms with Gasteiger partial charge in [0.15, 0.2) is 0 Å². The van der Waals surface area contributed by atoms with Crippen LogP contribution in [0.2, 0.25) is 0 Å². The fourth-order valence-electron chi connectivity index (χ4n) is 1.67. The van der Waals surface area contributed by atoms with Gasteiger partial charge in [0.25, 0.3) is 0 Å². The van der Waals surface area contributed by atoms with E-state index in [1.807, 2.05) is 51.4 Å². The van der Waals surface area contributed by atoms with Gasteiger partial charge < -0.3 is 4.89 Å². The molecule has 2 nitrogen and oxygen atoms in total. The molecule has 0 aromatic rings. The van der Waals surface area contributed by atoms with Crippen LogP contribution >= 0.6 is 7.37 Å². The topological polar surface area (TPSA) is 37.3 Å². The molecule has 2 rings (SSSR count). The van der Waals surface area contributed by atoms with Gasteiger partial charge in [0.1, 0.15) is 0 Å². The zero-order chi connectivity index (χ0) is 10.7. The average Bonchev–Trinajstić information content (AvgIpc) is 2.75. The second-order valence-corrected chi connectivity index (χ2v) is 6.07. The summed E-state index contributed by atoms with van der Waals surface area (Å²) in [6.07, 6.45) is 15.6. The second kappa shape index (κ2) is 6.59. The summed E-state index contributed by atoms with van der Waals surface area (Å²) in [6.45, 7) is 0. The van der Waals surface area contributed by atoms with Gasteiger partial charge in [-0.3, -0.25) is 4.57 Å². The van der Waals surface area contributed by atoms with E-state index in [-0.39, 0.29) is 29.4 Å². The van der Waals surface area contributed by atoms with Crippen LogP contribution in [0.15, 0.2) is 0 Å². The normalized spacial score (nSPS) is 23.6. The molecule has 2 aliphatic rings. The number of hydrogen-bond donors (Lipinski definition) is 1. The zero-order valence-corrected chi connectivity index (χ0v) is 10.7. The monoisotopic (exact) mass is 276 g/mol. The number of hydrogen-bond acceptors (Lipinski definition) is 1. The van der Waals surface area contributed by atoms with Gasteiger partial charge in [0, 0.05) is 12.3 Å². The van der Waals surface area contributed by atoms with Crippen molar-refractivity contribution in [1.29, 1.82) is 0 Å². The Hall–Kier alpha value is 0.709. The Labute approximate surface area is 110 Å². The minimum absolute atomic E-state index is 0. The van der Waals surface area contributed by atoms with Crippen LogP contribution in [0.1, 0.15) is 0 Å². The molecule has 16 heavy (non-hydrogen) atoms. The summed E-state index contributed by atoms with van der Waals surface area (Å²) in [4.78, 5) is 9.81. The summed E-state index contributed by atoms with van der Waals surface area (Å²) < 4.78 is 11.9. The molecule has 0 heterocycles. The van der Waals surface area contributed by atoms with E-state index in [0.717, 1.165) is 11.8 Å². The molecule has 1 N–H and O–H groups in total. The summed E-state index contributed by atoms with van der Waals surface area (Å²) in [5, 5.41) is 0. The Morgan fingerprint density at radius 2 is 1.19 bits per heavy atom. The maximum atomic E-state index is 11.9. The first-order valence-corrected chi connectivity index (χ1v) is 6.91. The molecule has 4 heteroatoms. The van der Waals surface area contributed by atoms with Gasteiger partial charge in [-0.1, -0.05) is 0 Å². The first-order chi connectivity index (χ1) is 7.16. The largest absolute Gasteiger partial charge is 2.00 e. The SMILES string of the molecule is O=P(O)(C[C]1[CH][CH][CH][CH]1)C[C]1[CH][CH][CH][CH]1.[Fe+2]. The van der Waals surface area contributed by atoms with Crippen molar-refractivity contribution in [2.45, 2.75) is 0 Å². The Bertz CT molecular complexity index is 223. The average molecular weight is 276 g/mol. The predicted molar refractivity (Wildman–Crippen MR) is 60.4 cm³/mol. The molecule has 2 fully saturated rings. The second-order valence-electron chi connectivity index (χ2n) is 3.75. The van der Waals surface area contributed by atoms with E-state index in [4.69, 9.17) is 0 Å². The molecule has 2 aliphatic carbocycles. The molecule has 0 aromatic carbocycles. The third-order valence-electron chi connectivity index (χ3n) is 2.32. The molecule has 0 aliphatic heterocycles. The Kier molecular flexibility index (Phi) is 6.08. The molecule has 0 amide bonds. The summed E-state index contributed by atoms with van der Waals surface area (Å²) in [5.41, 5.74) is 0. The van der Waals surface area contributed by atoms with Crippen LogP contribution in [0.3, 0.4) is 0 Å². The zero-order valence-electron chi connectivity index (χ0n) is 8.69. The molecule has 0 aromatic heterocycles. The Morgan fingerprint density at radius 1 is 0.875 bits per heavy atom. The molecule has 0 atom stereocenters. The van der Waals surface area contributed by atoms with Crippen LogP contribution in [0.25, 0.3) is 0 Å². The molecular weight excluding hydrogens is 263 g/mol. The molecular formula is C12H13FeO2P+2. The molecule has 0 saturated heterocycles. The minimum atomic E-state index is -3.07. The third-order valence-corrected chi connectivity index (χ3v) is 4.04. The van der Waals surface area contributed by atoms with E-state index in [1.54, 1.807) is 0 Å². The van der Waals surface area contributed by atoms with E-state index >= 15 is 0 Å². The smallest absolute Gasteiger partial charge is 0.344 e. The Morgan fingerprint density at radius 3 is 1.50 bits per heavy atom. The summed E-state index contributed by atoms with van der Waals surface area (Å²) >= 11 is 0. The Balaban J connectivity index is 0.00000128. The van der Waals surface area contributed by atoms with Crippen LogP contribution < -0.4 is 0 Å². The van der Waals surface area contributed by atoms with E-state index < -0.39 is 7.37 Å². The van der Waals surface area contributed by atoms with Crippen LogP contribution in [-0.2, 0) is 21.6 Å².